The molecule has 1 aromatic heterocycles. The number of nitrogens with zero attached hydrogens (tertiary/aromatic N) is 3. The van der Waals surface area contributed by atoms with Gasteiger partial charge in [-0.3, -0.25) is 9.59 Å². The molecule has 0 saturated heterocycles. The molecule has 10 nitrogen and oxygen atoms in total. The molecule has 0 spiro atoms. The minimum absolute atomic E-state index is 0. The van der Waals surface area contributed by atoms with Crippen LogP contribution in [0.5, 0.6) is 5.75 Å². The highest BCUT2D eigenvalue weighted by molar-refractivity contribution is 5.89. The Bertz CT molecular complexity index is 1340. The monoisotopic (exact) mass is 625 g/mol. The number of rotatable bonds is 17. The van der Waals surface area contributed by atoms with Crippen molar-refractivity contribution in [1.29, 1.82) is 0 Å². The topological polar surface area (TPSA) is 113 Å². The van der Waals surface area contributed by atoms with Crippen LogP contribution in [-0.2, 0) is 32.2 Å². The number of benzene rings is 1. The molecule has 2 atom stereocenters. The van der Waals surface area contributed by atoms with Crippen molar-refractivity contribution < 1.29 is 23.9 Å². The Morgan fingerprint density at radius 1 is 1.20 bits per heavy atom. The van der Waals surface area contributed by atoms with E-state index in [9.17, 15) is 14.4 Å². The number of carbonyl (C=O) groups excluding carboxylic acids is 3. The van der Waals surface area contributed by atoms with Crippen LogP contribution >= 0.6 is 0 Å². The van der Waals surface area contributed by atoms with E-state index in [1.165, 1.54) is 7.11 Å². The number of amides is 1. The van der Waals surface area contributed by atoms with Gasteiger partial charge in [-0.2, -0.15) is 0 Å². The summed E-state index contributed by atoms with van der Waals surface area (Å²) in [5, 5.41) is 6.97. The molecular formula is C35H55N5O5. The zero-order valence-corrected chi connectivity index (χ0v) is 28.0. The summed E-state index contributed by atoms with van der Waals surface area (Å²) in [6.07, 6.45) is 4.78. The van der Waals surface area contributed by atoms with Gasteiger partial charge in [-0.25, -0.2) is 4.98 Å². The summed E-state index contributed by atoms with van der Waals surface area (Å²) in [4.78, 5) is 44.1. The van der Waals surface area contributed by atoms with Gasteiger partial charge in [0.1, 0.15) is 24.4 Å². The van der Waals surface area contributed by atoms with Gasteiger partial charge in [0, 0.05) is 68.8 Å². The van der Waals surface area contributed by atoms with E-state index in [0.717, 1.165) is 51.7 Å². The van der Waals surface area contributed by atoms with Crippen LogP contribution in [0.25, 0.3) is 16.6 Å². The third-order valence-electron chi connectivity index (χ3n) is 7.65. The number of aromatic nitrogens is 1. The summed E-state index contributed by atoms with van der Waals surface area (Å²) in [6, 6.07) is 6.14. The van der Waals surface area contributed by atoms with Crippen LogP contribution < -0.4 is 15.4 Å². The molecule has 1 aliphatic rings. The largest absolute Gasteiger partial charge is 0.489 e. The number of ether oxygens (including phenoxy) is 2. The van der Waals surface area contributed by atoms with Crippen LogP contribution in [0.1, 0.15) is 65.3 Å². The fraction of sp³-hybridized carbons (Fsp3) is 0.543. The summed E-state index contributed by atoms with van der Waals surface area (Å²) in [7, 11) is 7.58. The van der Waals surface area contributed by atoms with E-state index in [0.29, 0.717) is 56.7 Å². The molecule has 1 aromatic carbocycles. The van der Waals surface area contributed by atoms with Gasteiger partial charge in [0.2, 0.25) is 6.41 Å². The maximum Gasteiger partial charge on any atom is 0.207 e. The van der Waals surface area contributed by atoms with E-state index < -0.39 is 5.41 Å². The summed E-state index contributed by atoms with van der Waals surface area (Å²) < 4.78 is 11.7. The summed E-state index contributed by atoms with van der Waals surface area (Å²) >= 11 is 0. The molecule has 1 aliphatic heterocycles. The Labute approximate surface area is 270 Å². The molecule has 250 valence electrons. The van der Waals surface area contributed by atoms with Gasteiger partial charge in [0.25, 0.3) is 0 Å². The second kappa shape index (κ2) is 19.0. The van der Waals surface area contributed by atoms with Crippen molar-refractivity contribution in [2.24, 2.45) is 5.41 Å². The Morgan fingerprint density at radius 3 is 2.49 bits per heavy atom. The number of allylic oxidation sites excluding steroid dienone is 2. The number of hydrogen-bond acceptors (Lipinski definition) is 9. The number of carbonyl (C=O) groups is 3. The van der Waals surface area contributed by atoms with Gasteiger partial charge in [0.05, 0.1) is 23.5 Å². The molecule has 45 heavy (non-hydrogen) atoms. The maximum absolute atomic E-state index is 12.2. The van der Waals surface area contributed by atoms with Gasteiger partial charge in [0.15, 0.2) is 0 Å². The molecule has 1 amide bonds. The van der Waals surface area contributed by atoms with Crippen molar-refractivity contribution in [2.75, 3.05) is 54.5 Å². The van der Waals surface area contributed by atoms with Gasteiger partial charge < -0.3 is 34.7 Å². The molecule has 0 aliphatic carbocycles. The first-order valence-electron chi connectivity index (χ1n) is 15.3. The van der Waals surface area contributed by atoms with Crippen LogP contribution in [-0.4, -0.2) is 94.4 Å². The fourth-order valence-electron chi connectivity index (χ4n) is 5.17. The molecule has 3 rings (SSSR count). The number of pyridine rings is 1. The average Bonchev–Trinajstić information content (AvgIpc) is 3.32. The lowest BCUT2D eigenvalue weighted by atomic mass is 9.78. The Balaban J connectivity index is 0.00000331. The Hall–Kier alpha value is -3.60. The van der Waals surface area contributed by atoms with E-state index in [1.54, 1.807) is 0 Å². The minimum Gasteiger partial charge on any atom is -0.489 e. The number of aldehydes is 2. The van der Waals surface area contributed by atoms with E-state index in [4.69, 9.17) is 14.5 Å². The number of nitrogens with one attached hydrogen (secondary N) is 2. The van der Waals surface area contributed by atoms with Crippen molar-refractivity contribution in [3.05, 3.63) is 52.2 Å². The first-order valence-corrected chi connectivity index (χ1v) is 15.3. The first kappa shape index (κ1) is 39.4. The van der Waals surface area contributed by atoms with Crippen molar-refractivity contribution in [3.63, 3.8) is 0 Å². The van der Waals surface area contributed by atoms with Crippen molar-refractivity contribution >= 4 is 35.6 Å². The van der Waals surface area contributed by atoms with E-state index in [-0.39, 0.29) is 20.1 Å². The molecular weight excluding hydrogens is 570 g/mol. The lowest BCUT2D eigenvalue weighted by molar-refractivity contribution is -0.114. The fourth-order valence-corrected chi connectivity index (χ4v) is 5.17. The minimum atomic E-state index is -0.843. The lowest BCUT2D eigenvalue weighted by Crippen LogP contribution is -2.34. The molecule has 0 bridgehead atoms. The first-order chi connectivity index (χ1) is 21.1. The molecule has 10 heteroatoms. The van der Waals surface area contributed by atoms with Gasteiger partial charge in [-0.1, -0.05) is 28.2 Å². The number of fused-ring (bicyclic) bond motifs is 2. The van der Waals surface area contributed by atoms with Crippen molar-refractivity contribution in [3.8, 4) is 5.75 Å². The highest BCUT2D eigenvalue weighted by Gasteiger charge is 2.32. The third-order valence-corrected chi connectivity index (χ3v) is 7.65. The Kier molecular flexibility index (Phi) is 16.7. The van der Waals surface area contributed by atoms with Crippen LogP contribution in [0.3, 0.4) is 0 Å². The highest BCUT2D eigenvalue weighted by Crippen LogP contribution is 2.40. The van der Waals surface area contributed by atoms with Crippen LogP contribution in [0, 0.1) is 5.41 Å². The number of hydrogen-bond donors (Lipinski definition) is 2. The average molecular weight is 626 g/mol. The Morgan fingerprint density at radius 2 is 1.91 bits per heavy atom. The summed E-state index contributed by atoms with van der Waals surface area (Å²) in [6.45, 7) is 13.1. The second-order valence-electron chi connectivity index (χ2n) is 11.3. The molecule has 0 radical (unpaired) electrons. The van der Waals surface area contributed by atoms with Crippen LogP contribution in [0.2, 0.25) is 0 Å². The number of methoxy groups -OCH3 is 1. The lowest BCUT2D eigenvalue weighted by Gasteiger charge is -2.26. The molecule has 0 fully saturated rings. The smallest absolute Gasteiger partial charge is 0.207 e. The van der Waals surface area contributed by atoms with Crippen molar-refractivity contribution in [2.45, 2.75) is 67.7 Å². The summed E-state index contributed by atoms with van der Waals surface area (Å²) in [5.74, 6) is 0.811. The molecule has 2 unspecified atom stereocenters. The SMILES string of the molecule is C.CC.CCC(C)(C=O)C(/C=C1/c2nc3ccc(OC(C)CNCCNC=O)c(CN(C)C)c3cc2CN1C)=C(/C=O)COC. The van der Waals surface area contributed by atoms with E-state index in [1.807, 2.05) is 74.0 Å². The zero-order chi connectivity index (χ0) is 32.9. The van der Waals surface area contributed by atoms with Crippen molar-refractivity contribution in [1.82, 2.24) is 25.4 Å². The molecule has 2 heterocycles. The normalized spacial score (nSPS) is 15.7. The van der Waals surface area contributed by atoms with E-state index >= 15 is 0 Å². The van der Waals surface area contributed by atoms with E-state index in [2.05, 4.69) is 26.5 Å². The van der Waals surface area contributed by atoms with Gasteiger partial charge in [-0.15, -0.1) is 0 Å². The van der Waals surface area contributed by atoms with Crippen LogP contribution in [0.4, 0.5) is 0 Å². The van der Waals surface area contributed by atoms with Gasteiger partial charge >= 0.3 is 0 Å². The molecule has 2 aromatic rings. The quantitative estimate of drug-likeness (QED) is 0.148. The molecule has 2 N–H and O–H groups in total. The van der Waals surface area contributed by atoms with Gasteiger partial charge in [-0.05, 0) is 69.8 Å². The third kappa shape index (κ3) is 9.94. The van der Waals surface area contributed by atoms with Crippen LogP contribution in [0.15, 0.2) is 35.4 Å². The standard InChI is InChI=1S/C32H45N5O5.C2H6.CH4/c1-8-32(3,20-39)27(24(18-38)19-41-7)14-29-31-23(16-37(29)6)13-25-26(17-36(4)5)30(10-9-28(25)35-31)42-22(2)15-33-11-12-34-21-40;1-2;/h9-10,13-14,18,20-22,33H,8,11-12,15-17,19H2,1-7H3,(H,34,40);1-2H3;1H4/b27-24-,29-14-;;. The predicted molar refractivity (Wildman–Crippen MR) is 183 cm³/mol. The maximum atomic E-state index is 12.2. The zero-order valence-electron chi connectivity index (χ0n) is 28.0. The predicted octanol–water partition coefficient (Wildman–Crippen LogP) is 4.61. The highest BCUT2D eigenvalue weighted by atomic mass is 16.5. The molecule has 0 saturated carbocycles. The summed E-state index contributed by atoms with van der Waals surface area (Å²) in [5.41, 5.74) is 4.91. The second-order valence-corrected chi connectivity index (χ2v) is 11.3.